The van der Waals surface area contributed by atoms with Gasteiger partial charge in [-0.05, 0) is 61.0 Å². The highest BCUT2D eigenvalue weighted by atomic mass is 35.5. The second kappa shape index (κ2) is 6.05. The van der Waals surface area contributed by atoms with E-state index in [0.29, 0.717) is 31.6 Å². The van der Waals surface area contributed by atoms with Crippen LogP contribution in [0.1, 0.15) is 59.3 Å². The summed E-state index contributed by atoms with van der Waals surface area (Å²) in [5.74, 6) is 0.249. The number of allylic oxidation sites excluding steroid dienone is 1. The van der Waals surface area contributed by atoms with Crippen LogP contribution in [0.15, 0.2) is 11.6 Å². The molecule has 0 aliphatic heterocycles. The van der Waals surface area contributed by atoms with E-state index in [-0.39, 0.29) is 45.9 Å². The number of hydrogen-bond donors (Lipinski definition) is 0. The fraction of sp³-hybridized carbons (Fsp3) is 0.810. The predicted molar refractivity (Wildman–Crippen MR) is 97.6 cm³/mol. The third kappa shape index (κ3) is 2.51. The van der Waals surface area contributed by atoms with E-state index in [1.807, 2.05) is 0 Å². The number of alkyl halides is 2. The summed E-state index contributed by atoms with van der Waals surface area (Å²) in [6.07, 6.45) is 4.64. The van der Waals surface area contributed by atoms with Gasteiger partial charge in [-0.15, -0.1) is 11.6 Å². The van der Waals surface area contributed by atoms with Gasteiger partial charge < -0.3 is 4.74 Å². The van der Waals surface area contributed by atoms with Crippen LogP contribution in [0.25, 0.3) is 0 Å². The Bertz CT molecular complexity index is 676. The van der Waals surface area contributed by atoms with E-state index in [9.17, 15) is 9.59 Å². The van der Waals surface area contributed by atoms with Gasteiger partial charge in [0.15, 0.2) is 5.78 Å². The first-order valence-corrected chi connectivity index (χ1v) is 10.3. The summed E-state index contributed by atoms with van der Waals surface area (Å²) in [5.41, 5.74) is 0.312. The van der Waals surface area contributed by atoms with Gasteiger partial charge in [-0.25, -0.2) is 4.39 Å². The zero-order chi connectivity index (χ0) is 18.9. The fourth-order valence-electron chi connectivity index (χ4n) is 6.97. The SMILES string of the molecule is CC(=O)OC1CC[C@H]2[C@@H]3CC(Cl)C4=CC(=O)CC[C@]4(C)[C@@H]3C(F)C[C@]12C. The molecule has 8 atom stereocenters. The molecule has 5 heteroatoms. The van der Waals surface area contributed by atoms with Gasteiger partial charge in [-0.1, -0.05) is 13.8 Å². The van der Waals surface area contributed by atoms with Gasteiger partial charge >= 0.3 is 5.97 Å². The highest BCUT2D eigenvalue weighted by molar-refractivity contribution is 6.23. The highest BCUT2D eigenvalue weighted by Crippen LogP contribution is 2.66. The highest BCUT2D eigenvalue weighted by Gasteiger charge is 2.64. The zero-order valence-corrected chi connectivity index (χ0v) is 16.5. The molecule has 26 heavy (non-hydrogen) atoms. The standard InChI is InChI=1S/C21H28ClFO3/c1-11(24)26-18-5-4-14-13-9-16(22)15-8-12(25)6-7-20(15,2)19(13)17(23)10-21(14,18)3/h8,13-14,16-19H,4-7,9-10H2,1-3H3/t13-,14-,16?,17?,18?,19-,20-,21-/m0/s1. The van der Waals surface area contributed by atoms with Crippen LogP contribution in [0.2, 0.25) is 0 Å². The Balaban J connectivity index is 1.71. The second-order valence-corrected chi connectivity index (χ2v) is 9.91. The molecule has 3 unspecified atom stereocenters. The average Bonchev–Trinajstić information content (AvgIpc) is 2.84. The number of carbonyl (C=O) groups excluding carboxylic acids is 2. The minimum Gasteiger partial charge on any atom is -0.462 e. The quantitative estimate of drug-likeness (QED) is 0.491. The molecule has 0 spiro atoms. The van der Waals surface area contributed by atoms with Crippen molar-refractivity contribution < 1.29 is 18.7 Å². The number of fused-ring (bicyclic) bond motifs is 5. The lowest BCUT2D eigenvalue weighted by Crippen LogP contribution is -2.58. The van der Waals surface area contributed by atoms with E-state index in [2.05, 4.69) is 13.8 Å². The number of rotatable bonds is 1. The van der Waals surface area contributed by atoms with Crippen LogP contribution in [0.3, 0.4) is 0 Å². The van der Waals surface area contributed by atoms with E-state index in [1.54, 1.807) is 6.08 Å². The summed E-state index contributed by atoms with van der Waals surface area (Å²) in [4.78, 5) is 23.5. The molecule has 0 aromatic heterocycles. The fourth-order valence-corrected chi connectivity index (χ4v) is 7.49. The smallest absolute Gasteiger partial charge is 0.302 e. The lowest BCUT2D eigenvalue weighted by atomic mass is 9.46. The number of ketones is 1. The minimum absolute atomic E-state index is 0.0917. The van der Waals surface area contributed by atoms with Crippen LogP contribution < -0.4 is 0 Å². The van der Waals surface area contributed by atoms with Crippen LogP contribution in [0, 0.1) is 28.6 Å². The van der Waals surface area contributed by atoms with Crippen molar-refractivity contribution in [2.24, 2.45) is 28.6 Å². The molecular weight excluding hydrogens is 355 g/mol. The second-order valence-electron chi connectivity index (χ2n) is 9.38. The first-order chi connectivity index (χ1) is 12.2. The Morgan fingerprint density at radius 1 is 1.35 bits per heavy atom. The summed E-state index contributed by atoms with van der Waals surface area (Å²) in [7, 11) is 0. The van der Waals surface area contributed by atoms with Crippen LogP contribution in [-0.4, -0.2) is 29.4 Å². The Hall–Kier alpha value is -0.900. The molecular formula is C21H28ClFO3. The Morgan fingerprint density at radius 3 is 2.77 bits per heavy atom. The van der Waals surface area contributed by atoms with Crippen molar-refractivity contribution in [3.8, 4) is 0 Å². The third-order valence-corrected chi connectivity index (χ3v) is 8.47. The summed E-state index contributed by atoms with van der Waals surface area (Å²) in [6.45, 7) is 5.65. The number of carbonyl (C=O) groups is 2. The van der Waals surface area contributed by atoms with Crippen molar-refractivity contribution in [2.45, 2.75) is 76.9 Å². The predicted octanol–water partition coefficient (Wildman–Crippen LogP) is 4.62. The Kier molecular flexibility index (Phi) is 4.30. The van der Waals surface area contributed by atoms with Gasteiger partial charge in [-0.3, -0.25) is 9.59 Å². The molecule has 4 aliphatic carbocycles. The van der Waals surface area contributed by atoms with Gasteiger partial charge in [0.05, 0.1) is 5.38 Å². The van der Waals surface area contributed by atoms with Gasteiger partial charge in [0.25, 0.3) is 0 Å². The van der Waals surface area contributed by atoms with Crippen molar-refractivity contribution in [2.75, 3.05) is 0 Å². The molecule has 0 amide bonds. The van der Waals surface area contributed by atoms with Gasteiger partial charge in [0, 0.05) is 24.7 Å². The van der Waals surface area contributed by atoms with Crippen molar-refractivity contribution in [3.63, 3.8) is 0 Å². The molecule has 0 aromatic rings. The molecule has 0 saturated heterocycles. The summed E-state index contributed by atoms with van der Waals surface area (Å²) >= 11 is 6.74. The number of hydrogen-bond acceptors (Lipinski definition) is 3. The van der Waals surface area contributed by atoms with E-state index in [4.69, 9.17) is 16.3 Å². The van der Waals surface area contributed by atoms with Crippen LogP contribution in [-0.2, 0) is 14.3 Å². The first-order valence-electron chi connectivity index (χ1n) is 9.87. The zero-order valence-electron chi connectivity index (χ0n) is 15.8. The van der Waals surface area contributed by atoms with Gasteiger partial charge in [0.1, 0.15) is 12.3 Å². The number of halogens is 2. The molecule has 3 fully saturated rings. The van der Waals surface area contributed by atoms with Crippen molar-refractivity contribution in [1.82, 2.24) is 0 Å². The van der Waals surface area contributed by atoms with E-state index in [1.165, 1.54) is 6.92 Å². The number of esters is 1. The summed E-state index contributed by atoms with van der Waals surface area (Å²) in [5, 5.41) is -0.201. The van der Waals surface area contributed by atoms with E-state index < -0.39 is 6.17 Å². The van der Waals surface area contributed by atoms with Crippen LogP contribution in [0.4, 0.5) is 4.39 Å². The maximum Gasteiger partial charge on any atom is 0.302 e. The van der Waals surface area contributed by atoms with E-state index in [0.717, 1.165) is 18.4 Å². The molecule has 4 aliphatic rings. The summed E-state index contributed by atoms with van der Waals surface area (Å²) < 4.78 is 21.2. The normalized spacial score (nSPS) is 50.3. The molecule has 0 radical (unpaired) electrons. The molecule has 0 aromatic carbocycles. The molecule has 4 rings (SSSR count). The lowest BCUT2D eigenvalue weighted by molar-refractivity contribution is -0.162. The van der Waals surface area contributed by atoms with Gasteiger partial charge in [-0.2, -0.15) is 0 Å². The maximum atomic E-state index is 15.7. The monoisotopic (exact) mass is 382 g/mol. The van der Waals surface area contributed by atoms with Crippen LogP contribution >= 0.6 is 11.6 Å². The third-order valence-electron chi connectivity index (χ3n) is 8.05. The maximum absolute atomic E-state index is 15.7. The molecule has 0 bridgehead atoms. The van der Waals surface area contributed by atoms with Crippen molar-refractivity contribution in [3.05, 3.63) is 11.6 Å². The summed E-state index contributed by atoms with van der Waals surface area (Å²) in [6, 6.07) is 0. The first kappa shape index (κ1) is 18.5. The molecule has 144 valence electrons. The topological polar surface area (TPSA) is 43.4 Å². The number of ether oxygens (including phenoxy) is 1. The Morgan fingerprint density at radius 2 is 2.08 bits per heavy atom. The average molecular weight is 383 g/mol. The van der Waals surface area contributed by atoms with E-state index >= 15 is 4.39 Å². The Labute approximate surface area is 159 Å². The minimum atomic E-state index is -0.955. The van der Waals surface area contributed by atoms with Crippen LogP contribution in [0.5, 0.6) is 0 Å². The molecule has 3 nitrogen and oxygen atoms in total. The largest absolute Gasteiger partial charge is 0.462 e. The van der Waals surface area contributed by atoms with Crippen molar-refractivity contribution in [1.29, 1.82) is 0 Å². The van der Waals surface area contributed by atoms with Crippen molar-refractivity contribution >= 4 is 23.4 Å². The molecule has 0 heterocycles. The van der Waals surface area contributed by atoms with Gasteiger partial charge in [0.2, 0.25) is 0 Å². The molecule has 0 N–H and O–H groups in total. The lowest BCUT2D eigenvalue weighted by Gasteiger charge is -2.59. The molecule has 3 saturated carbocycles.